The summed E-state index contributed by atoms with van der Waals surface area (Å²) in [5.41, 5.74) is 2.53. The van der Waals surface area contributed by atoms with Gasteiger partial charge in [0.15, 0.2) is 5.96 Å². The Hall–Kier alpha value is -2.16. The number of rotatable bonds is 5. The Labute approximate surface area is 170 Å². The molecule has 1 amide bonds. The molecule has 0 aliphatic rings. The standard InChI is InChI=1S/C19H23FN4O.HI/c1-21-18(25)16-9-7-14(8-10-16)12-23-19(22-2)24(3)13-15-5-4-6-17(20)11-15;/h4-11H,12-13H2,1-3H3,(H,21,25)(H,22,23);1H. The summed E-state index contributed by atoms with van der Waals surface area (Å²) < 4.78 is 13.3. The number of nitrogens with zero attached hydrogens (tertiary/aromatic N) is 2. The summed E-state index contributed by atoms with van der Waals surface area (Å²) in [5, 5.41) is 5.86. The molecule has 0 spiro atoms. The highest BCUT2D eigenvalue weighted by Gasteiger charge is 2.08. The Bertz CT molecular complexity index is 749. The number of amides is 1. The highest BCUT2D eigenvalue weighted by molar-refractivity contribution is 14.0. The molecule has 0 aliphatic carbocycles. The highest BCUT2D eigenvalue weighted by Crippen LogP contribution is 2.07. The van der Waals surface area contributed by atoms with Gasteiger partial charge in [-0.2, -0.15) is 0 Å². The van der Waals surface area contributed by atoms with Crippen molar-refractivity contribution in [1.29, 1.82) is 0 Å². The number of carbonyl (C=O) groups is 1. The van der Waals surface area contributed by atoms with Crippen LogP contribution in [-0.2, 0) is 13.1 Å². The second-order valence-corrected chi connectivity index (χ2v) is 5.66. The number of guanidine groups is 1. The summed E-state index contributed by atoms with van der Waals surface area (Å²) in [5.74, 6) is 0.356. The first-order chi connectivity index (χ1) is 12.0. The Morgan fingerprint density at radius 3 is 2.42 bits per heavy atom. The van der Waals surface area contributed by atoms with Gasteiger partial charge in [-0.1, -0.05) is 24.3 Å². The van der Waals surface area contributed by atoms with Crippen molar-refractivity contribution in [2.75, 3.05) is 21.1 Å². The van der Waals surface area contributed by atoms with Gasteiger partial charge in [-0.3, -0.25) is 9.79 Å². The molecule has 2 aromatic carbocycles. The molecule has 5 nitrogen and oxygen atoms in total. The van der Waals surface area contributed by atoms with Gasteiger partial charge >= 0.3 is 0 Å². The van der Waals surface area contributed by atoms with Gasteiger partial charge in [-0.05, 0) is 35.4 Å². The number of carbonyl (C=O) groups excluding carboxylic acids is 1. The third kappa shape index (κ3) is 6.29. The van der Waals surface area contributed by atoms with E-state index in [4.69, 9.17) is 0 Å². The van der Waals surface area contributed by atoms with Crippen LogP contribution in [0.15, 0.2) is 53.5 Å². The third-order valence-corrected chi connectivity index (χ3v) is 3.78. The molecule has 0 bridgehead atoms. The fourth-order valence-corrected chi connectivity index (χ4v) is 2.47. The van der Waals surface area contributed by atoms with Gasteiger partial charge in [0.1, 0.15) is 5.82 Å². The molecule has 0 saturated heterocycles. The van der Waals surface area contributed by atoms with Crippen molar-refractivity contribution < 1.29 is 9.18 Å². The van der Waals surface area contributed by atoms with Crippen molar-refractivity contribution in [3.63, 3.8) is 0 Å². The van der Waals surface area contributed by atoms with Crippen LogP contribution in [0.1, 0.15) is 21.5 Å². The summed E-state index contributed by atoms with van der Waals surface area (Å²) in [4.78, 5) is 17.7. The second kappa shape index (κ2) is 10.7. The number of hydrogen-bond acceptors (Lipinski definition) is 2. The van der Waals surface area contributed by atoms with Crippen molar-refractivity contribution >= 4 is 35.8 Å². The average molecular weight is 470 g/mol. The molecule has 0 heterocycles. The first-order valence-corrected chi connectivity index (χ1v) is 8.00. The lowest BCUT2D eigenvalue weighted by molar-refractivity contribution is 0.0963. The minimum Gasteiger partial charge on any atom is -0.355 e. The largest absolute Gasteiger partial charge is 0.355 e. The summed E-state index contributed by atoms with van der Waals surface area (Å²) in [6.45, 7) is 1.13. The summed E-state index contributed by atoms with van der Waals surface area (Å²) in [6.07, 6.45) is 0. The van der Waals surface area contributed by atoms with Crippen LogP contribution < -0.4 is 10.6 Å². The number of aliphatic imine (C=N–C) groups is 1. The quantitative estimate of drug-likeness (QED) is 0.402. The van der Waals surface area contributed by atoms with E-state index in [1.54, 1.807) is 32.3 Å². The van der Waals surface area contributed by atoms with Crippen LogP contribution in [0.25, 0.3) is 0 Å². The highest BCUT2D eigenvalue weighted by atomic mass is 127. The molecule has 0 saturated carbocycles. The number of nitrogens with one attached hydrogen (secondary N) is 2. The molecular formula is C19H24FIN4O. The number of halogens is 2. The number of benzene rings is 2. The van der Waals surface area contributed by atoms with E-state index < -0.39 is 0 Å². The van der Waals surface area contributed by atoms with Crippen LogP contribution in [0.4, 0.5) is 4.39 Å². The smallest absolute Gasteiger partial charge is 0.251 e. The maximum atomic E-state index is 13.3. The third-order valence-electron chi connectivity index (χ3n) is 3.78. The zero-order chi connectivity index (χ0) is 18.2. The molecule has 140 valence electrons. The molecule has 0 unspecified atom stereocenters. The average Bonchev–Trinajstić information content (AvgIpc) is 2.62. The molecule has 7 heteroatoms. The van der Waals surface area contributed by atoms with Gasteiger partial charge in [0.25, 0.3) is 5.91 Å². The molecule has 2 aromatic rings. The van der Waals surface area contributed by atoms with Crippen molar-refractivity contribution in [3.8, 4) is 0 Å². The van der Waals surface area contributed by atoms with Gasteiger partial charge in [0, 0.05) is 39.8 Å². The minimum atomic E-state index is -0.245. The van der Waals surface area contributed by atoms with Crippen molar-refractivity contribution in [2.45, 2.75) is 13.1 Å². The van der Waals surface area contributed by atoms with Crippen LogP contribution >= 0.6 is 24.0 Å². The summed E-state index contributed by atoms with van der Waals surface area (Å²) >= 11 is 0. The SMILES string of the molecule is CN=C(NCc1ccc(C(=O)NC)cc1)N(C)Cc1cccc(F)c1.I. The van der Waals surface area contributed by atoms with E-state index in [1.807, 2.05) is 30.1 Å². The molecule has 0 radical (unpaired) electrons. The van der Waals surface area contributed by atoms with E-state index in [0.717, 1.165) is 11.1 Å². The topological polar surface area (TPSA) is 56.7 Å². The van der Waals surface area contributed by atoms with E-state index in [9.17, 15) is 9.18 Å². The van der Waals surface area contributed by atoms with E-state index in [0.29, 0.717) is 24.6 Å². The fourth-order valence-electron chi connectivity index (χ4n) is 2.47. The molecule has 0 fully saturated rings. The maximum Gasteiger partial charge on any atom is 0.251 e. The van der Waals surface area contributed by atoms with Crippen molar-refractivity contribution in [3.05, 3.63) is 71.0 Å². The molecule has 26 heavy (non-hydrogen) atoms. The molecule has 0 atom stereocenters. The number of hydrogen-bond donors (Lipinski definition) is 2. The normalized spacial score (nSPS) is 10.7. The lowest BCUT2D eigenvalue weighted by Crippen LogP contribution is -2.38. The Kier molecular flexibility index (Phi) is 9.04. The van der Waals surface area contributed by atoms with Gasteiger partial charge < -0.3 is 15.5 Å². The fraction of sp³-hybridized carbons (Fsp3) is 0.263. The minimum absolute atomic E-state index is 0. The lowest BCUT2D eigenvalue weighted by atomic mass is 10.1. The van der Waals surface area contributed by atoms with Crippen molar-refractivity contribution in [1.82, 2.24) is 15.5 Å². The molecule has 2 N–H and O–H groups in total. The van der Waals surface area contributed by atoms with Crippen molar-refractivity contribution in [2.24, 2.45) is 4.99 Å². The Balaban J connectivity index is 0.00000338. The monoisotopic (exact) mass is 470 g/mol. The van der Waals surface area contributed by atoms with Crippen LogP contribution in [0.3, 0.4) is 0 Å². The molecule has 0 aromatic heterocycles. The van der Waals surface area contributed by atoms with E-state index in [-0.39, 0.29) is 35.7 Å². The van der Waals surface area contributed by atoms with E-state index >= 15 is 0 Å². The first-order valence-electron chi connectivity index (χ1n) is 8.00. The predicted octanol–water partition coefficient (Wildman–Crippen LogP) is 3.01. The zero-order valence-electron chi connectivity index (χ0n) is 15.1. The molecular weight excluding hydrogens is 446 g/mol. The van der Waals surface area contributed by atoms with Gasteiger partial charge in [0.2, 0.25) is 0 Å². The maximum absolute atomic E-state index is 13.3. The van der Waals surface area contributed by atoms with Gasteiger partial charge in [0.05, 0.1) is 0 Å². The molecule has 2 rings (SSSR count). The van der Waals surface area contributed by atoms with E-state index in [2.05, 4.69) is 15.6 Å². The Morgan fingerprint density at radius 2 is 1.85 bits per heavy atom. The van der Waals surface area contributed by atoms with Gasteiger partial charge in [-0.25, -0.2) is 4.39 Å². The van der Waals surface area contributed by atoms with Crippen LogP contribution in [0.2, 0.25) is 0 Å². The van der Waals surface area contributed by atoms with Crippen LogP contribution in [0, 0.1) is 5.82 Å². The predicted molar refractivity (Wildman–Crippen MR) is 113 cm³/mol. The first kappa shape index (κ1) is 21.9. The van der Waals surface area contributed by atoms with Gasteiger partial charge in [-0.15, -0.1) is 24.0 Å². The summed E-state index contributed by atoms with van der Waals surface area (Å²) in [6, 6.07) is 13.9. The van der Waals surface area contributed by atoms with Crippen LogP contribution in [0.5, 0.6) is 0 Å². The summed E-state index contributed by atoms with van der Waals surface area (Å²) in [7, 11) is 5.21. The van der Waals surface area contributed by atoms with E-state index in [1.165, 1.54) is 12.1 Å². The second-order valence-electron chi connectivity index (χ2n) is 5.66. The van der Waals surface area contributed by atoms with Crippen LogP contribution in [-0.4, -0.2) is 37.9 Å². The zero-order valence-corrected chi connectivity index (χ0v) is 17.5. The lowest BCUT2D eigenvalue weighted by Gasteiger charge is -2.22. The molecule has 0 aliphatic heterocycles. The Morgan fingerprint density at radius 1 is 1.15 bits per heavy atom.